The molecule has 0 saturated carbocycles. The summed E-state index contributed by atoms with van der Waals surface area (Å²) < 4.78 is 24.4. The molecular weight excluding hydrogens is 494 g/mol. The van der Waals surface area contributed by atoms with Crippen LogP contribution in [-0.2, 0) is 9.53 Å². The van der Waals surface area contributed by atoms with Gasteiger partial charge in [-0.05, 0) is 52.0 Å². The van der Waals surface area contributed by atoms with Crippen molar-refractivity contribution in [3.05, 3.63) is 72.6 Å². The van der Waals surface area contributed by atoms with Crippen molar-refractivity contribution in [1.82, 2.24) is 4.57 Å². The van der Waals surface area contributed by atoms with E-state index in [4.69, 9.17) is 18.6 Å². The number of nitrogens with zero attached hydrogens (tertiary/aromatic N) is 3. The molecule has 1 atom stereocenters. The van der Waals surface area contributed by atoms with Crippen molar-refractivity contribution >= 4 is 29.3 Å². The van der Waals surface area contributed by atoms with Gasteiger partial charge in [0.1, 0.15) is 23.3 Å². The van der Waals surface area contributed by atoms with E-state index in [-0.39, 0.29) is 17.7 Å². The molecule has 3 heterocycles. The highest BCUT2D eigenvalue weighted by atomic mass is 32.1. The number of carbonyl (C=O) groups excluding carboxylic acids is 1. The largest absolute Gasteiger partial charge is 0.497 e. The number of anilines is 1. The average Bonchev–Trinajstić information content (AvgIpc) is 3.48. The molecule has 0 N–H and O–H groups in total. The first kappa shape index (κ1) is 26.3. The molecule has 1 aromatic carbocycles. The summed E-state index contributed by atoms with van der Waals surface area (Å²) in [7, 11) is 3.10. The Morgan fingerprint density at radius 2 is 1.92 bits per heavy atom. The fourth-order valence-electron chi connectivity index (χ4n) is 4.39. The van der Waals surface area contributed by atoms with E-state index in [0.717, 1.165) is 19.0 Å². The van der Waals surface area contributed by atoms with Crippen molar-refractivity contribution in [2.75, 3.05) is 38.8 Å². The van der Waals surface area contributed by atoms with E-state index in [1.54, 1.807) is 52.3 Å². The van der Waals surface area contributed by atoms with E-state index in [2.05, 4.69) is 23.7 Å². The molecular formula is C27H31N3O6S. The van der Waals surface area contributed by atoms with Gasteiger partial charge in [0, 0.05) is 30.8 Å². The second kappa shape index (κ2) is 11.1. The van der Waals surface area contributed by atoms with Crippen molar-refractivity contribution in [1.29, 1.82) is 0 Å². The van der Waals surface area contributed by atoms with E-state index in [9.17, 15) is 9.59 Å². The molecule has 37 heavy (non-hydrogen) atoms. The van der Waals surface area contributed by atoms with Crippen LogP contribution in [0.3, 0.4) is 0 Å². The minimum atomic E-state index is -0.815. The fraction of sp³-hybridized carbons (Fsp3) is 0.370. The third-order valence-electron chi connectivity index (χ3n) is 6.21. The first-order chi connectivity index (χ1) is 17.9. The number of benzene rings is 1. The van der Waals surface area contributed by atoms with Gasteiger partial charge in [0.05, 0.1) is 36.6 Å². The molecule has 9 nitrogen and oxygen atoms in total. The molecule has 0 fully saturated rings. The molecule has 1 aliphatic heterocycles. The summed E-state index contributed by atoms with van der Waals surface area (Å²) in [5.74, 6) is 1.83. The van der Waals surface area contributed by atoms with Gasteiger partial charge in [0.25, 0.3) is 5.56 Å². The van der Waals surface area contributed by atoms with Crippen LogP contribution >= 0.6 is 11.3 Å². The van der Waals surface area contributed by atoms with Gasteiger partial charge >= 0.3 is 5.97 Å². The van der Waals surface area contributed by atoms with Crippen molar-refractivity contribution in [3.63, 3.8) is 0 Å². The molecule has 0 spiro atoms. The van der Waals surface area contributed by atoms with Crippen LogP contribution in [0, 0.1) is 0 Å². The zero-order valence-corrected chi connectivity index (χ0v) is 22.7. The van der Waals surface area contributed by atoms with Crippen molar-refractivity contribution in [2.24, 2.45) is 4.99 Å². The Bertz CT molecular complexity index is 1510. The highest BCUT2D eigenvalue weighted by Gasteiger charge is 2.35. The number of rotatable bonds is 9. The number of thiazole rings is 1. The predicted octanol–water partition coefficient (Wildman–Crippen LogP) is 3.25. The Balaban J connectivity index is 1.94. The van der Waals surface area contributed by atoms with Crippen molar-refractivity contribution < 1.29 is 23.4 Å². The van der Waals surface area contributed by atoms with Crippen LogP contribution in [0.4, 0.5) is 5.88 Å². The summed E-state index contributed by atoms with van der Waals surface area (Å²) in [4.78, 5) is 34.1. The molecule has 0 saturated heterocycles. The number of aromatic nitrogens is 1. The lowest BCUT2D eigenvalue weighted by Crippen LogP contribution is -2.40. The molecule has 2 aromatic heterocycles. The number of ether oxygens (including phenoxy) is 3. The Morgan fingerprint density at radius 1 is 1.16 bits per heavy atom. The highest BCUT2D eigenvalue weighted by Crippen LogP contribution is 2.37. The second-order valence-electron chi connectivity index (χ2n) is 8.26. The number of allylic oxidation sites excluding steroid dienone is 1. The lowest BCUT2D eigenvalue weighted by molar-refractivity contribution is -0.139. The van der Waals surface area contributed by atoms with Gasteiger partial charge in [-0.1, -0.05) is 11.3 Å². The molecule has 4 rings (SSSR count). The average molecular weight is 526 g/mol. The summed E-state index contributed by atoms with van der Waals surface area (Å²) in [6.45, 7) is 9.40. The maximum absolute atomic E-state index is 13.8. The quantitative estimate of drug-likeness (QED) is 0.396. The van der Waals surface area contributed by atoms with Gasteiger partial charge < -0.3 is 23.5 Å². The third-order valence-corrected chi connectivity index (χ3v) is 7.19. The summed E-state index contributed by atoms with van der Waals surface area (Å²) in [5.41, 5.74) is 1.04. The monoisotopic (exact) mass is 525 g/mol. The third kappa shape index (κ3) is 4.93. The first-order valence-electron chi connectivity index (χ1n) is 12.1. The normalized spacial score (nSPS) is 15.3. The molecule has 1 unspecified atom stereocenters. The van der Waals surface area contributed by atoms with Crippen LogP contribution in [0.25, 0.3) is 6.08 Å². The summed E-state index contributed by atoms with van der Waals surface area (Å²) in [5, 5.41) is 0. The zero-order chi connectivity index (χ0) is 26.7. The molecule has 1 aliphatic rings. The molecule has 196 valence electrons. The number of fused-ring (bicyclic) bond motifs is 1. The second-order valence-corrected chi connectivity index (χ2v) is 9.27. The highest BCUT2D eigenvalue weighted by molar-refractivity contribution is 7.07. The Labute approximate surface area is 218 Å². The minimum absolute atomic E-state index is 0.190. The SMILES string of the molecule is CCOC(=O)C1=C(C)N=c2sc(=Cc3ccc(N(CC)CC)o3)c(=O)n2C1c1cc(OC)ccc1OC. The smallest absolute Gasteiger partial charge is 0.338 e. The zero-order valence-electron chi connectivity index (χ0n) is 21.9. The number of methoxy groups -OCH3 is 2. The van der Waals surface area contributed by atoms with Crippen LogP contribution in [0.5, 0.6) is 11.5 Å². The molecule has 0 radical (unpaired) electrons. The van der Waals surface area contributed by atoms with Crippen molar-refractivity contribution in [3.8, 4) is 11.5 Å². The van der Waals surface area contributed by atoms with Gasteiger partial charge in [-0.2, -0.15) is 0 Å². The van der Waals surface area contributed by atoms with Gasteiger partial charge in [0.2, 0.25) is 0 Å². The summed E-state index contributed by atoms with van der Waals surface area (Å²) in [6.07, 6.45) is 1.71. The maximum atomic E-state index is 13.8. The Morgan fingerprint density at radius 3 is 2.57 bits per heavy atom. The lowest BCUT2D eigenvalue weighted by Gasteiger charge is -2.26. The van der Waals surface area contributed by atoms with E-state index >= 15 is 0 Å². The number of furan rings is 1. The molecule has 0 aliphatic carbocycles. The molecule has 10 heteroatoms. The van der Waals surface area contributed by atoms with Crippen LogP contribution in [0.2, 0.25) is 0 Å². The number of esters is 1. The van der Waals surface area contributed by atoms with E-state index in [0.29, 0.717) is 37.9 Å². The Kier molecular flexibility index (Phi) is 7.87. The van der Waals surface area contributed by atoms with Crippen LogP contribution < -0.4 is 29.3 Å². The first-order valence-corrected chi connectivity index (χ1v) is 12.9. The maximum Gasteiger partial charge on any atom is 0.338 e. The number of carbonyl (C=O) groups is 1. The van der Waals surface area contributed by atoms with Gasteiger partial charge in [-0.25, -0.2) is 9.79 Å². The van der Waals surface area contributed by atoms with Crippen LogP contribution in [0.1, 0.15) is 45.1 Å². The van der Waals surface area contributed by atoms with Gasteiger partial charge in [-0.15, -0.1) is 0 Å². The van der Waals surface area contributed by atoms with Crippen LogP contribution in [-0.4, -0.2) is 44.5 Å². The minimum Gasteiger partial charge on any atom is -0.497 e. The van der Waals surface area contributed by atoms with Gasteiger partial charge in [-0.3, -0.25) is 9.36 Å². The fourth-order valence-corrected chi connectivity index (χ4v) is 5.42. The van der Waals surface area contributed by atoms with Gasteiger partial charge in [0.15, 0.2) is 10.7 Å². The lowest BCUT2D eigenvalue weighted by atomic mass is 9.95. The molecule has 3 aromatic rings. The predicted molar refractivity (Wildman–Crippen MR) is 142 cm³/mol. The van der Waals surface area contributed by atoms with E-state index in [1.807, 2.05) is 12.1 Å². The summed E-state index contributed by atoms with van der Waals surface area (Å²) in [6, 6.07) is 8.19. The topological polar surface area (TPSA) is 95.5 Å². The molecule has 0 bridgehead atoms. The van der Waals surface area contributed by atoms with E-state index in [1.165, 1.54) is 15.9 Å². The van der Waals surface area contributed by atoms with Crippen molar-refractivity contribution in [2.45, 2.75) is 33.7 Å². The number of hydrogen-bond donors (Lipinski definition) is 0. The van der Waals surface area contributed by atoms with E-state index < -0.39 is 12.0 Å². The standard InChI is InChI=1S/C27H31N3O6S/c1-7-29(8-2)22-13-11-18(36-22)15-21-25(31)30-24(19-14-17(33-5)10-12-20(19)34-6)23(26(32)35-9-3)16(4)28-27(30)37-21/h10-15,24H,7-9H2,1-6H3. The number of hydrogen-bond acceptors (Lipinski definition) is 9. The molecule has 0 amide bonds. The van der Waals surface area contributed by atoms with Crippen LogP contribution in [0.15, 0.2) is 55.8 Å². The Hall–Kier alpha value is -3.79. The summed E-state index contributed by atoms with van der Waals surface area (Å²) >= 11 is 1.23.